The van der Waals surface area contributed by atoms with Crippen LogP contribution in [0.3, 0.4) is 0 Å². The molecule has 1 atom stereocenters. The lowest BCUT2D eigenvalue weighted by molar-refractivity contribution is -0.119. The van der Waals surface area contributed by atoms with Crippen LogP contribution in [-0.2, 0) is 23.2 Å². The number of benzene rings is 2. The molecule has 0 aromatic heterocycles. The predicted octanol–water partition coefficient (Wildman–Crippen LogP) is 5.61. The average molecular weight is 399 g/mol. The SMILES string of the molecule is Cc1ccc(C2=C(C#N)C(=O)N[C@@]3(CCc4cc(CCC(C)(C)C)ccc43)C2)cc1. The summed E-state index contributed by atoms with van der Waals surface area (Å²) < 4.78 is 0. The molecule has 3 nitrogen and oxygen atoms in total. The van der Waals surface area contributed by atoms with Crippen molar-refractivity contribution in [3.63, 3.8) is 0 Å². The zero-order valence-electron chi connectivity index (χ0n) is 18.4. The first-order valence-corrected chi connectivity index (χ1v) is 10.9. The molecular formula is C27H30N2O. The van der Waals surface area contributed by atoms with Gasteiger partial charge >= 0.3 is 0 Å². The number of fused-ring (bicyclic) bond motifs is 2. The van der Waals surface area contributed by atoms with Gasteiger partial charge in [-0.05, 0) is 65.8 Å². The van der Waals surface area contributed by atoms with E-state index in [1.54, 1.807) is 0 Å². The van der Waals surface area contributed by atoms with Crippen LogP contribution in [0.5, 0.6) is 0 Å². The van der Waals surface area contributed by atoms with Gasteiger partial charge in [-0.15, -0.1) is 0 Å². The maximum Gasteiger partial charge on any atom is 0.262 e. The number of nitriles is 1. The monoisotopic (exact) mass is 398 g/mol. The molecule has 1 amide bonds. The first-order chi connectivity index (χ1) is 14.2. The van der Waals surface area contributed by atoms with Gasteiger partial charge in [-0.2, -0.15) is 5.26 Å². The highest BCUT2D eigenvalue weighted by atomic mass is 16.2. The Balaban J connectivity index is 1.69. The van der Waals surface area contributed by atoms with E-state index < -0.39 is 5.54 Å². The summed E-state index contributed by atoms with van der Waals surface area (Å²) in [4.78, 5) is 12.9. The zero-order chi connectivity index (χ0) is 21.5. The van der Waals surface area contributed by atoms with Crippen molar-refractivity contribution in [3.05, 3.63) is 75.9 Å². The summed E-state index contributed by atoms with van der Waals surface area (Å²) in [6.45, 7) is 8.87. The number of carbonyl (C=O) groups excluding carboxylic acids is 1. The van der Waals surface area contributed by atoms with Crippen LogP contribution in [0, 0.1) is 23.7 Å². The topological polar surface area (TPSA) is 52.9 Å². The van der Waals surface area contributed by atoms with Gasteiger partial charge in [0.15, 0.2) is 0 Å². The molecular weight excluding hydrogens is 368 g/mol. The Kier molecular flexibility index (Phi) is 5.06. The van der Waals surface area contributed by atoms with Crippen LogP contribution in [-0.4, -0.2) is 5.91 Å². The number of nitrogens with zero attached hydrogens (tertiary/aromatic N) is 1. The van der Waals surface area contributed by atoms with Gasteiger partial charge in [0.05, 0.1) is 5.54 Å². The molecule has 1 heterocycles. The molecule has 0 bridgehead atoms. The molecule has 2 aromatic rings. The first-order valence-electron chi connectivity index (χ1n) is 10.9. The minimum atomic E-state index is -0.407. The van der Waals surface area contributed by atoms with Crippen molar-refractivity contribution in [1.82, 2.24) is 5.32 Å². The smallest absolute Gasteiger partial charge is 0.262 e. The van der Waals surface area contributed by atoms with E-state index in [4.69, 9.17) is 0 Å². The number of rotatable bonds is 3. The Morgan fingerprint density at radius 2 is 1.87 bits per heavy atom. The summed E-state index contributed by atoms with van der Waals surface area (Å²) in [6, 6.07) is 17.1. The lowest BCUT2D eigenvalue weighted by Gasteiger charge is -2.37. The van der Waals surface area contributed by atoms with Gasteiger partial charge < -0.3 is 5.32 Å². The predicted molar refractivity (Wildman–Crippen MR) is 121 cm³/mol. The van der Waals surface area contributed by atoms with Crippen molar-refractivity contribution < 1.29 is 4.79 Å². The highest BCUT2D eigenvalue weighted by Crippen LogP contribution is 2.46. The summed E-state index contributed by atoms with van der Waals surface area (Å²) in [5, 5.41) is 12.9. The van der Waals surface area contributed by atoms with Gasteiger partial charge in [-0.1, -0.05) is 68.8 Å². The van der Waals surface area contributed by atoms with Crippen LogP contribution in [0.25, 0.3) is 5.57 Å². The molecule has 1 spiro atoms. The molecule has 2 aromatic carbocycles. The second kappa shape index (κ2) is 7.43. The van der Waals surface area contributed by atoms with Gasteiger partial charge in [-0.25, -0.2) is 0 Å². The standard InChI is InChI=1S/C27H30N2O/c1-18-5-8-20(9-6-18)22-16-27(29-25(30)23(22)17-28)14-12-21-15-19(7-10-24(21)27)11-13-26(2,3)4/h5-10,15H,11-14,16H2,1-4H3,(H,29,30)/t27-/m0/s1. The van der Waals surface area contributed by atoms with Crippen LogP contribution in [0.15, 0.2) is 48.0 Å². The molecule has 0 saturated carbocycles. The Hall–Kier alpha value is -2.86. The lowest BCUT2D eigenvalue weighted by Crippen LogP contribution is -2.48. The summed E-state index contributed by atoms with van der Waals surface area (Å²) in [6.07, 6.45) is 4.73. The molecule has 30 heavy (non-hydrogen) atoms. The van der Waals surface area contributed by atoms with Crippen molar-refractivity contribution in [1.29, 1.82) is 5.26 Å². The lowest BCUT2D eigenvalue weighted by atomic mass is 9.78. The Morgan fingerprint density at radius 3 is 2.53 bits per heavy atom. The third-order valence-corrected chi connectivity index (χ3v) is 6.54. The summed E-state index contributed by atoms with van der Waals surface area (Å²) >= 11 is 0. The quantitative estimate of drug-likeness (QED) is 0.730. The summed E-state index contributed by atoms with van der Waals surface area (Å²) in [5.74, 6) is -0.246. The minimum Gasteiger partial charge on any atom is -0.342 e. The molecule has 0 radical (unpaired) electrons. The molecule has 0 fully saturated rings. The van der Waals surface area contributed by atoms with Crippen LogP contribution in [0.4, 0.5) is 0 Å². The minimum absolute atomic E-state index is 0.246. The van der Waals surface area contributed by atoms with Crippen molar-refractivity contribution in [2.24, 2.45) is 5.41 Å². The van der Waals surface area contributed by atoms with E-state index >= 15 is 0 Å². The maximum atomic E-state index is 12.9. The molecule has 1 N–H and O–H groups in total. The van der Waals surface area contributed by atoms with Crippen molar-refractivity contribution in [3.8, 4) is 6.07 Å². The van der Waals surface area contributed by atoms with Crippen molar-refractivity contribution in [2.45, 2.75) is 65.3 Å². The summed E-state index contributed by atoms with van der Waals surface area (Å²) in [7, 11) is 0. The average Bonchev–Trinajstić information content (AvgIpc) is 3.03. The second-order valence-electron chi connectivity index (χ2n) is 10.1. The van der Waals surface area contributed by atoms with E-state index in [0.29, 0.717) is 11.8 Å². The third kappa shape index (κ3) is 3.79. The highest BCUT2D eigenvalue weighted by Gasteiger charge is 2.45. The third-order valence-electron chi connectivity index (χ3n) is 6.54. The number of amides is 1. The van der Waals surface area contributed by atoms with E-state index in [9.17, 15) is 10.1 Å². The van der Waals surface area contributed by atoms with Gasteiger partial charge in [0.2, 0.25) is 0 Å². The molecule has 2 aliphatic rings. The van der Waals surface area contributed by atoms with Crippen LogP contribution in [0.1, 0.15) is 67.9 Å². The largest absolute Gasteiger partial charge is 0.342 e. The Morgan fingerprint density at radius 1 is 1.13 bits per heavy atom. The van der Waals surface area contributed by atoms with Crippen LogP contribution in [0.2, 0.25) is 0 Å². The maximum absolute atomic E-state index is 12.9. The van der Waals surface area contributed by atoms with Gasteiger partial charge in [0.25, 0.3) is 5.91 Å². The highest BCUT2D eigenvalue weighted by molar-refractivity contribution is 6.07. The molecule has 154 valence electrons. The number of aryl methyl sites for hydroxylation is 3. The van der Waals surface area contributed by atoms with Gasteiger partial charge in [-0.3, -0.25) is 4.79 Å². The number of hydrogen-bond donors (Lipinski definition) is 1. The Bertz CT molecular complexity index is 1060. The first kappa shape index (κ1) is 20.4. The number of carbonyl (C=O) groups is 1. The Labute approximate surface area is 179 Å². The fraction of sp³-hybridized carbons (Fsp3) is 0.407. The fourth-order valence-corrected chi connectivity index (χ4v) is 4.76. The zero-order valence-corrected chi connectivity index (χ0v) is 18.4. The molecule has 0 saturated heterocycles. The fourth-order valence-electron chi connectivity index (χ4n) is 4.76. The molecule has 1 aliphatic heterocycles. The van der Waals surface area contributed by atoms with Crippen LogP contribution < -0.4 is 5.32 Å². The normalized spacial score (nSPS) is 20.8. The van der Waals surface area contributed by atoms with E-state index in [1.165, 1.54) is 22.3 Å². The second-order valence-corrected chi connectivity index (χ2v) is 10.1. The van der Waals surface area contributed by atoms with E-state index in [1.807, 2.05) is 31.2 Å². The molecule has 3 heteroatoms. The van der Waals surface area contributed by atoms with Gasteiger partial charge in [0, 0.05) is 6.42 Å². The van der Waals surface area contributed by atoms with E-state index in [-0.39, 0.29) is 11.5 Å². The number of hydrogen-bond acceptors (Lipinski definition) is 2. The molecule has 0 unspecified atom stereocenters. The van der Waals surface area contributed by atoms with Gasteiger partial charge in [0.1, 0.15) is 11.6 Å². The van der Waals surface area contributed by atoms with Crippen LogP contribution >= 0.6 is 0 Å². The van der Waals surface area contributed by atoms with Crippen molar-refractivity contribution in [2.75, 3.05) is 0 Å². The summed E-state index contributed by atoms with van der Waals surface area (Å²) in [5.41, 5.74) is 7.10. The van der Waals surface area contributed by atoms with Crippen molar-refractivity contribution >= 4 is 11.5 Å². The van der Waals surface area contributed by atoms with E-state index in [0.717, 1.165) is 36.8 Å². The number of nitrogens with one attached hydrogen (secondary N) is 1. The van der Waals surface area contributed by atoms with E-state index in [2.05, 4.69) is 50.4 Å². The molecule has 4 rings (SSSR count). The molecule has 1 aliphatic carbocycles.